The molecule has 0 aromatic heterocycles. The summed E-state index contributed by atoms with van der Waals surface area (Å²) < 4.78 is 52.0. The average Bonchev–Trinajstić information content (AvgIpc) is 2.75. The molecule has 0 amide bonds. The van der Waals surface area contributed by atoms with Crippen molar-refractivity contribution in [2.24, 2.45) is 4.99 Å². The minimum Gasteiger partial charge on any atom is -0.493 e. The summed E-state index contributed by atoms with van der Waals surface area (Å²) >= 11 is 0. The lowest BCUT2D eigenvalue weighted by Crippen LogP contribution is -2.36. The standard InChI is InChI=1S/C22H28F3N3O3/c1-4-26-21(28-13-17-8-9-19(29-2)20(11-17)30-3)27-12-16-6-5-7-18(10-16)14-31-15-22(23,24)25/h5-11H,4,12-15H2,1-3H3,(H2,26,27,28). The maximum absolute atomic E-state index is 12.2. The van der Waals surface area contributed by atoms with E-state index in [0.717, 1.165) is 11.1 Å². The van der Waals surface area contributed by atoms with Gasteiger partial charge in [-0.1, -0.05) is 30.3 Å². The molecular weight excluding hydrogens is 411 g/mol. The molecule has 0 heterocycles. The van der Waals surface area contributed by atoms with Crippen molar-refractivity contribution in [1.82, 2.24) is 10.6 Å². The molecule has 0 atom stereocenters. The van der Waals surface area contributed by atoms with Crippen molar-refractivity contribution in [1.29, 1.82) is 0 Å². The smallest absolute Gasteiger partial charge is 0.411 e. The quantitative estimate of drug-likeness (QED) is 0.432. The number of rotatable bonds is 10. The Morgan fingerprint density at radius 2 is 1.68 bits per heavy atom. The van der Waals surface area contributed by atoms with Crippen molar-refractivity contribution in [3.63, 3.8) is 0 Å². The molecule has 2 aromatic carbocycles. The van der Waals surface area contributed by atoms with Gasteiger partial charge in [-0.15, -0.1) is 0 Å². The molecule has 0 aliphatic heterocycles. The normalized spacial score (nSPS) is 11.9. The lowest BCUT2D eigenvalue weighted by molar-refractivity contribution is -0.176. The first kappa shape index (κ1) is 24.3. The van der Waals surface area contributed by atoms with Crippen molar-refractivity contribution < 1.29 is 27.4 Å². The molecule has 0 saturated carbocycles. The first-order chi connectivity index (χ1) is 14.8. The van der Waals surface area contributed by atoms with E-state index in [0.29, 0.717) is 42.7 Å². The van der Waals surface area contributed by atoms with E-state index in [1.807, 2.05) is 31.2 Å². The van der Waals surface area contributed by atoms with E-state index in [1.165, 1.54) is 0 Å². The Kier molecular flexibility index (Phi) is 9.45. The number of alkyl halides is 3. The zero-order chi connectivity index (χ0) is 22.7. The lowest BCUT2D eigenvalue weighted by Gasteiger charge is -2.13. The summed E-state index contributed by atoms with van der Waals surface area (Å²) in [6, 6.07) is 12.8. The summed E-state index contributed by atoms with van der Waals surface area (Å²) in [6.45, 7) is 2.18. The number of ether oxygens (including phenoxy) is 3. The fourth-order valence-electron chi connectivity index (χ4n) is 2.79. The molecule has 0 saturated heterocycles. The molecule has 31 heavy (non-hydrogen) atoms. The maximum atomic E-state index is 12.2. The predicted molar refractivity (Wildman–Crippen MR) is 113 cm³/mol. The van der Waals surface area contributed by atoms with Crippen LogP contribution in [0.1, 0.15) is 23.6 Å². The minimum atomic E-state index is -4.33. The molecule has 170 valence electrons. The third kappa shape index (κ3) is 8.75. The Hall–Kier alpha value is -2.94. The van der Waals surface area contributed by atoms with E-state index in [9.17, 15) is 13.2 Å². The van der Waals surface area contributed by atoms with Gasteiger partial charge in [0.1, 0.15) is 6.61 Å². The largest absolute Gasteiger partial charge is 0.493 e. The van der Waals surface area contributed by atoms with Crippen molar-refractivity contribution in [2.75, 3.05) is 27.4 Å². The maximum Gasteiger partial charge on any atom is 0.411 e. The van der Waals surface area contributed by atoms with E-state index < -0.39 is 12.8 Å². The van der Waals surface area contributed by atoms with Crippen LogP contribution < -0.4 is 20.1 Å². The zero-order valence-electron chi connectivity index (χ0n) is 17.9. The number of aliphatic imine (C=N–C) groups is 1. The Morgan fingerprint density at radius 3 is 2.35 bits per heavy atom. The highest BCUT2D eigenvalue weighted by atomic mass is 19.4. The lowest BCUT2D eigenvalue weighted by atomic mass is 10.1. The number of guanidine groups is 1. The van der Waals surface area contributed by atoms with Crippen LogP contribution in [-0.4, -0.2) is 39.5 Å². The van der Waals surface area contributed by atoms with Crippen LogP contribution in [0.2, 0.25) is 0 Å². The summed E-state index contributed by atoms with van der Waals surface area (Å²) in [7, 11) is 3.17. The predicted octanol–water partition coefficient (Wildman–Crippen LogP) is 4.04. The van der Waals surface area contributed by atoms with Crippen molar-refractivity contribution in [3.05, 3.63) is 59.2 Å². The summed E-state index contributed by atoms with van der Waals surface area (Å²) in [5, 5.41) is 6.43. The molecule has 9 heteroatoms. The molecular formula is C22H28F3N3O3. The van der Waals surface area contributed by atoms with Crippen LogP contribution in [0.5, 0.6) is 11.5 Å². The molecule has 0 bridgehead atoms. The van der Waals surface area contributed by atoms with Gasteiger partial charge < -0.3 is 24.8 Å². The van der Waals surface area contributed by atoms with Crippen molar-refractivity contribution in [3.8, 4) is 11.5 Å². The number of hydrogen-bond donors (Lipinski definition) is 2. The van der Waals surface area contributed by atoms with Gasteiger partial charge >= 0.3 is 6.18 Å². The van der Waals surface area contributed by atoms with Crippen LogP contribution in [0.15, 0.2) is 47.5 Å². The first-order valence-electron chi connectivity index (χ1n) is 9.80. The van der Waals surface area contributed by atoms with Crippen molar-refractivity contribution in [2.45, 2.75) is 32.8 Å². The second-order valence-electron chi connectivity index (χ2n) is 6.67. The average molecular weight is 439 g/mol. The molecule has 0 unspecified atom stereocenters. The topological polar surface area (TPSA) is 64.1 Å². The highest BCUT2D eigenvalue weighted by molar-refractivity contribution is 5.79. The molecule has 0 spiro atoms. The van der Waals surface area contributed by atoms with Gasteiger partial charge in [-0.25, -0.2) is 4.99 Å². The minimum absolute atomic E-state index is 0.102. The van der Waals surface area contributed by atoms with Crippen LogP contribution in [0.4, 0.5) is 13.2 Å². The highest BCUT2D eigenvalue weighted by Crippen LogP contribution is 2.27. The molecule has 6 nitrogen and oxygen atoms in total. The van der Waals surface area contributed by atoms with E-state index >= 15 is 0 Å². The number of benzene rings is 2. The van der Waals surface area contributed by atoms with Gasteiger partial charge in [0.15, 0.2) is 17.5 Å². The van der Waals surface area contributed by atoms with Crippen LogP contribution in [0, 0.1) is 0 Å². The van der Waals surface area contributed by atoms with Gasteiger partial charge in [0.25, 0.3) is 0 Å². The second-order valence-corrected chi connectivity index (χ2v) is 6.67. The second kappa shape index (κ2) is 12.0. The number of nitrogens with one attached hydrogen (secondary N) is 2. The van der Waals surface area contributed by atoms with Gasteiger partial charge in [0.05, 0.1) is 27.4 Å². The fraction of sp³-hybridized carbons (Fsp3) is 0.409. The Bertz CT molecular complexity index is 857. The third-order valence-electron chi connectivity index (χ3n) is 4.20. The Labute approximate surface area is 180 Å². The highest BCUT2D eigenvalue weighted by Gasteiger charge is 2.27. The summed E-state index contributed by atoms with van der Waals surface area (Å²) in [5.41, 5.74) is 2.53. The first-order valence-corrected chi connectivity index (χ1v) is 9.80. The summed E-state index contributed by atoms with van der Waals surface area (Å²) in [5.74, 6) is 1.93. The Balaban J connectivity index is 1.97. The molecule has 2 rings (SSSR count). The molecule has 2 aromatic rings. The van der Waals surface area contributed by atoms with Crippen LogP contribution >= 0.6 is 0 Å². The van der Waals surface area contributed by atoms with Gasteiger partial charge in [0.2, 0.25) is 0 Å². The molecule has 0 aliphatic rings. The van der Waals surface area contributed by atoms with Crippen LogP contribution in [0.3, 0.4) is 0 Å². The van der Waals surface area contributed by atoms with Crippen LogP contribution in [-0.2, 0) is 24.4 Å². The Morgan fingerprint density at radius 1 is 0.935 bits per heavy atom. The number of hydrogen-bond acceptors (Lipinski definition) is 4. The van der Waals surface area contributed by atoms with Crippen LogP contribution in [0.25, 0.3) is 0 Å². The van der Waals surface area contributed by atoms with Crippen molar-refractivity contribution >= 4 is 5.96 Å². The van der Waals surface area contributed by atoms with Gasteiger partial charge in [-0.3, -0.25) is 0 Å². The van der Waals surface area contributed by atoms with E-state index in [4.69, 9.17) is 14.2 Å². The number of methoxy groups -OCH3 is 2. The number of nitrogens with zero attached hydrogens (tertiary/aromatic N) is 1. The monoisotopic (exact) mass is 439 g/mol. The van der Waals surface area contributed by atoms with E-state index in [-0.39, 0.29) is 6.61 Å². The molecule has 0 fully saturated rings. The molecule has 0 aliphatic carbocycles. The third-order valence-corrected chi connectivity index (χ3v) is 4.20. The SMILES string of the molecule is CCNC(=NCc1cccc(COCC(F)(F)F)c1)NCc1ccc(OC)c(OC)c1. The zero-order valence-corrected chi connectivity index (χ0v) is 17.9. The van der Waals surface area contributed by atoms with Gasteiger partial charge in [-0.2, -0.15) is 13.2 Å². The van der Waals surface area contributed by atoms with Gasteiger partial charge in [-0.05, 0) is 35.7 Å². The fourth-order valence-corrected chi connectivity index (χ4v) is 2.79. The van der Waals surface area contributed by atoms with E-state index in [2.05, 4.69) is 15.6 Å². The molecule has 0 radical (unpaired) electrons. The number of halogens is 3. The summed E-state index contributed by atoms with van der Waals surface area (Å²) in [6.07, 6.45) is -4.33. The molecule has 2 N–H and O–H groups in total. The van der Waals surface area contributed by atoms with E-state index in [1.54, 1.807) is 32.4 Å². The van der Waals surface area contributed by atoms with Gasteiger partial charge in [0, 0.05) is 13.1 Å². The summed E-state index contributed by atoms with van der Waals surface area (Å²) in [4.78, 5) is 4.55.